The second kappa shape index (κ2) is 8.72. The summed E-state index contributed by atoms with van der Waals surface area (Å²) in [5.74, 6) is 0.143. The van der Waals surface area contributed by atoms with E-state index in [-0.39, 0.29) is 44.3 Å². The minimum absolute atomic E-state index is 0. The molecule has 0 aliphatic rings. The molecule has 1 atom stereocenters. The minimum atomic E-state index is -0.614. The Labute approximate surface area is 147 Å². The molecule has 1 aromatic carbocycles. The van der Waals surface area contributed by atoms with Crippen LogP contribution in [0, 0.1) is 13.8 Å². The molecule has 0 heterocycles. The fraction of sp³-hybridized carbons (Fsp3) is 0.500. The maximum Gasteiger partial charge on any atom is 0.264 e. The molecule has 0 saturated heterocycles. The fourth-order valence-electron chi connectivity index (χ4n) is 2.17. The van der Waals surface area contributed by atoms with Crippen LogP contribution in [-0.2, 0) is 37.5 Å². The van der Waals surface area contributed by atoms with Crippen molar-refractivity contribution in [3.8, 4) is 0 Å². The number of hydrogen-bond acceptors (Lipinski definition) is 1. The van der Waals surface area contributed by atoms with Gasteiger partial charge in [0.05, 0.1) is 0 Å². The van der Waals surface area contributed by atoms with Crippen molar-refractivity contribution in [2.45, 2.75) is 32.9 Å². The molecule has 0 saturated carbocycles. The molecular weight excluding hydrogens is 353 g/mol. The second-order valence-electron chi connectivity index (χ2n) is 4.94. The van der Waals surface area contributed by atoms with Gasteiger partial charge < -0.3 is 5.32 Å². The molecule has 2 nitrogen and oxygen atoms in total. The zero-order chi connectivity index (χ0) is 13.9. The first-order chi connectivity index (χ1) is 8.36. The van der Waals surface area contributed by atoms with Gasteiger partial charge in [-0.3, -0.25) is 4.79 Å². The van der Waals surface area contributed by atoms with Crippen LogP contribution in [0.5, 0.6) is 0 Å². The van der Waals surface area contributed by atoms with Gasteiger partial charge in [0.2, 0.25) is 0 Å². The summed E-state index contributed by atoms with van der Waals surface area (Å²) in [7, 11) is -0.614. The molecule has 1 aromatic rings. The summed E-state index contributed by atoms with van der Waals surface area (Å²) in [6, 6.07) is 3.77. The van der Waals surface area contributed by atoms with E-state index in [0.717, 1.165) is 23.2 Å². The van der Waals surface area contributed by atoms with E-state index in [1.165, 1.54) is 0 Å². The largest absolute Gasteiger partial charge is 0.322 e. The predicted molar refractivity (Wildman–Crippen MR) is 83.8 cm³/mol. The molecule has 1 radical (unpaired) electrons. The Kier molecular flexibility index (Phi) is 8.96. The van der Waals surface area contributed by atoms with Crippen molar-refractivity contribution < 1.29 is 37.5 Å². The van der Waals surface area contributed by atoms with Gasteiger partial charge in [0.25, 0.3) is 5.91 Å². The predicted octanol–water partition coefficient (Wildman–Crippen LogP) is 4.15. The minimum Gasteiger partial charge on any atom is -0.322 e. The summed E-state index contributed by atoms with van der Waals surface area (Å²) in [5.41, 5.74) is 3.10. The monoisotopic (exact) mass is 375 g/mol. The molecule has 1 amide bonds. The summed E-state index contributed by atoms with van der Waals surface area (Å²) in [4.78, 5) is 12.3. The van der Waals surface area contributed by atoms with Crippen molar-refractivity contribution in [1.29, 1.82) is 0 Å². The molecule has 19 heavy (non-hydrogen) atoms. The SMILES string of the molecule is CCC(C(=O)Nc1c(C)cc(Cl)cc1C)[PH+](C)C.[Y]. The van der Waals surface area contributed by atoms with Crippen molar-refractivity contribution in [1.82, 2.24) is 0 Å². The van der Waals surface area contributed by atoms with E-state index < -0.39 is 7.92 Å². The number of hydrogen-bond donors (Lipinski definition) is 1. The summed E-state index contributed by atoms with van der Waals surface area (Å²) in [6.45, 7) is 10.4. The molecule has 0 fully saturated rings. The van der Waals surface area contributed by atoms with Crippen molar-refractivity contribution in [3.05, 3.63) is 28.3 Å². The van der Waals surface area contributed by atoms with Crippen LogP contribution in [0.4, 0.5) is 5.69 Å². The van der Waals surface area contributed by atoms with E-state index in [2.05, 4.69) is 25.6 Å². The fourth-order valence-corrected chi connectivity index (χ4v) is 3.91. The van der Waals surface area contributed by atoms with E-state index >= 15 is 0 Å². The third kappa shape index (κ3) is 5.42. The summed E-state index contributed by atoms with van der Waals surface area (Å²) in [5, 5.41) is 3.78. The molecular formula is C14H22ClNOPY+. The Hall–Kier alpha value is 0.514. The molecule has 5 heteroatoms. The molecule has 1 unspecified atom stereocenters. The smallest absolute Gasteiger partial charge is 0.264 e. The average Bonchev–Trinajstić information content (AvgIpc) is 2.23. The maximum absolute atomic E-state index is 12.3. The number of amides is 1. The number of carbonyl (C=O) groups is 1. The molecule has 1 N–H and O–H groups in total. The zero-order valence-corrected chi connectivity index (χ0v) is 16.9. The average molecular weight is 376 g/mol. The third-order valence-corrected chi connectivity index (χ3v) is 5.45. The van der Waals surface area contributed by atoms with Crippen molar-refractivity contribution in [2.75, 3.05) is 18.6 Å². The molecule has 0 spiro atoms. The van der Waals surface area contributed by atoms with Crippen molar-refractivity contribution >= 4 is 31.1 Å². The summed E-state index contributed by atoms with van der Waals surface area (Å²) < 4.78 is 0. The van der Waals surface area contributed by atoms with E-state index in [4.69, 9.17) is 11.6 Å². The van der Waals surface area contributed by atoms with Crippen LogP contribution >= 0.6 is 19.5 Å². The van der Waals surface area contributed by atoms with E-state index in [0.29, 0.717) is 5.02 Å². The molecule has 1 rings (SSSR count). The van der Waals surface area contributed by atoms with Crippen LogP contribution in [0.2, 0.25) is 5.02 Å². The van der Waals surface area contributed by atoms with E-state index in [1.807, 2.05) is 26.0 Å². The van der Waals surface area contributed by atoms with Gasteiger partial charge in [-0.1, -0.05) is 18.5 Å². The van der Waals surface area contributed by atoms with E-state index in [9.17, 15) is 4.79 Å². The molecule has 0 aliphatic carbocycles. The first-order valence-corrected chi connectivity index (χ1v) is 9.20. The molecule has 103 valence electrons. The zero-order valence-electron chi connectivity index (χ0n) is 12.3. The first kappa shape index (κ1) is 19.5. The van der Waals surface area contributed by atoms with Gasteiger partial charge in [-0.05, 0) is 43.5 Å². The normalized spacial score (nSPS) is 11.9. The van der Waals surface area contributed by atoms with Gasteiger partial charge >= 0.3 is 0 Å². The number of halogens is 1. The number of benzene rings is 1. The standard InChI is InChI=1S/C14H21ClNOP.Y/c1-6-12(18(4)5)14(17)16-13-9(2)7-11(15)8-10(13)3;/h7-8,12H,6H2,1-5H3,(H,16,17);/p+1. The Balaban J connectivity index is 0.00000324. The summed E-state index contributed by atoms with van der Waals surface area (Å²) in [6.07, 6.45) is 0.902. The van der Waals surface area contributed by atoms with Crippen molar-refractivity contribution in [2.24, 2.45) is 0 Å². The number of carbonyl (C=O) groups excluding carboxylic acids is 1. The Morgan fingerprint density at radius 1 is 1.32 bits per heavy atom. The van der Waals surface area contributed by atoms with Gasteiger partial charge in [-0.25, -0.2) is 0 Å². The third-order valence-electron chi connectivity index (χ3n) is 3.17. The molecule has 0 aromatic heterocycles. The van der Waals surface area contributed by atoms with Gasteiger partial charge in [0, 0.05) is 64.7 Å². The van der Waals surface area contributed by atoms with Crippen molar-refractivity contribution in [3.63, 3.8) is 0 Å². The van der Waals surface area contributed by atoms with Crippen LogP contribution in [0.15, 0.2) is 12.1 Å². The number of rotatable bonds is 4. The maximum atomic E-state index is 12.3. The summed E-state index contributed by atoms with van der Waals surface area (Å²) >= 11 is 5.99. The van der Waals surface area contributed by atoms with Gasteiger partial charge in [-0.15, -0.1) is 0 Å². The van der Waals surface area contributed by atoms with Crippen LogP contribution in [0.3, 0.4) is 0 Å². The Bertz CT molecular complexity index is 428. The first-order valence-electron chi connectivity index (χ1n) is 6.24. The van der Waals surface area contributed by atoms with Crippen LogP contribution in [-0.4, -0.2) is 24.9 Å². The number of anilines is 1. The Morgan fingerprint density at radius 2 is 1.79 bits per heavy atom. The van der Waals surface area contributed by atoms with Gasteiger partial charge in [0.1, 0.15) is 5.66 Å². The van der Waals surface area contributed by atoms with Crippen LogP contribution in [0.1, 0.15) is 24.5 Å². The topological polar surface area (TPSA) is 29.1 Å². The number of aryl methyl sites for hydroxylation is 2. The van der Waals surface area contributed by atoms with Gasteiger partial charge in [-0.2, -0.15) is 0 Å². The second-order valence-corrected chi connectivity index (χ2v) is 8.23. The molecule has 0 aliphatic heterocycles. The van der Waals surface area contributed by atoms with Gasteiger partial charge in [0.15, 0.2) is 0 Å². The quantitative estimate of drug-likeness (QED) is 0.787. The number of nitrogens with one attached hydrogen (secondary N) is 1. The Morgan fingerprint density at radius 3 is 2.16 bits per heavy atom. The van der Waals surface area contributed by atoms with Crippen LogP contribution < -0.4 is 5.32 Å². The van der Waals surface area contributed by atoms with E-state index in [1.54, 1.807) is 0 Å². The molecule has 0 bridgehead atoms. The van der Waals surface area contributed by atoms with Crippen LogP contribution in [0.25, 0.3) is 0 Å².